The first kappa shape index (κ1) is 21.7. The summed E-state index contributed by atoms with van der Waals surface area (Å²) < 4.78 is 10.9. The van der Waals surface area contributed by atoms with Gasteiger partial charge in [-0.2, -0.15) is 4.98 Å². The number of aliphatic imine (C=N–C) groups is 1. The van der Waals surface area contributed by atoms with Crippen LogP contribution >= 0.6 is 0 Å². The van der Waals surface area contributed by atoms with E-state index >= 15 is 0 Å². The number of ether oxygens (including phenoxy) is 1. The lowest BCUT2D eigenvalue weighted by Gasteiger charge is -2.18. The maximum atomic E-state index is 5.75. The molecular weight excluding hydrogens is 354 g/mol. The van der Waals surface area contributed by atoms with E-state index in [4.69, 9.17) is 9.26 Å². The molecule has 0 saturated carbocycles. The summed E-state index contributed by atoms with van der Waals surface area (Å²) in [6, 6.07) is 8.36. The number of hydrogen-bond donors (Lipinski definition) is 2. The average molecular weight is 388 g/mol. The van der Waals surface area contributed by atoms with Crippen LogP contribution in [0.4, 0.5) is 0 Å². The van der Waals surface area contributed by atoms with Crippen molar-refractivity contribution >= 4 is 5.96 Å². The summed E-state index contributed by atoms with van der Waals surface area (Å²) >= 11 is 0. The largest absolute Gasteiger partial charge is 0.493 e. The van der Waals surface area contributed by atoms with Crippen LogP contribution in [0.5, 0.6) is 5.75 Å². The van der Waals surface area contributed by atoms with E-state index in [9.17, 15) is 0 Å². The van der Waals surface area contributed by atoms with Crippen molar-refractivity contribution in [1.29, 1.82) is 0 Å². The number of aryl methyl sites for hydroxylation is 2. The minimum atomic E-state index is 0.135. The number of benzene rings is 1. The number of nitrogens with one attached hydrogen (secondary N) is 2. The van der Waals surface area contributed by atoms with Crippen molar-refractivity contribution in [1.82, 2.24) is 20.8 Å². The highest BCUT2D eigenvalue weighted by molar-refractivity contribution is 5.80. The highest BCUT2D eigenvalue weighted by atomic mass is 16.5. The Morgan fingerprint density at radius 3 is 2.57 bits per heavy atom. The minimum Gasteiger partial charge on any atom is -0.493 e. The number of guanidine groups is 1. The average Bonchev–Trinajstić information content (AvgIpc) is 3.09. The van der Waals surface area contributed by atoms with Gasteiger partial charge in [0.25, 0.3) is 0 Å². The van der Waals surface area contributed by atoms with E-state index in [1.54, 1.807) is 0 Å². The molecule has 0 spiro atoms. The number of nitrogens with zero attached hydrogens (tertiary/aromatic N) is 3. The third kappa shape index (κ3) is 7.58. The Hall–Kier alpha value is -2.57. The normalized spacial score (nSPS) is 12.9. The van der Waals surface area contributed by atoms with Gasteiger partial charge in [0.05, 0.1) is 12.6 Å². The SMILES string of the molecule is CCNC(=NCCCc1nc(C)no1)NC(C)c1ccc(OCC(C)C)cc1. The predicted molar refractivity (Wildman–Crippen MR) is 112 cm³/mol. The molecule has 0 amide bonds. The molecular formula is C21H33N5O2. The summed E-state index contributed by atoms with van der Waals surface area (Å²) in [4.78, 5) is 8.86. The Balaban J connectivity index is 1.85. The van der Waals surface area contributed by atoms with Crippen molar-refractivity contribution in [2.45, 2.75) is 53.5 Å². The highest BCUT2D eigenvalue weighted by Gasteiger charge is 2.09. The molecule has 0 aliphatic carbocycles. The van der Waals surface area contributed by atoms with Gasteiger partial charge in [0.1, 0.15) is 5.75 Å². The predicted octanol–water partition coefficient (Wildman–Crippen LogP) is 3.66. The lowest BCUT2D eigenvalue weighted by Crippen LogP contribution is -2.38. The Kier molecular flexibility index (Phi) is 8.78. The van der Waals surface area contributed by atoms with E-state index in [2.05, 4.69) is 65.6 Å². The van der Waals surface area contributed by atoms with Crippen LogP contribution in [0.3, 0.4) is 0 Å². The molecule has 1 aromatic heterocycles. The van der Waals surface area contributed by atoms with Gasteiger partial charge in [-0.3, -0.25) is 4.99 Å². The molecule has 1 unspecified atom stereocenters. The van der Waals surface area contributed by atoms with E-state index in [1.165, 1.54) is 5.56 Å². The fourth-order valence-electron chi connectivity index (χ4n) is 2.59. The summed E-state index contributed by atoms with van der Waals surface area (Å²) in [6.45, 7) is 12.5. The Bertz CT molecular complexity index is 725. The standard InChI is InChI=1S/C21H33N5O2/c1-6-22-21(23-13-7-8-20-25-17(5)26-28-20)24-16(4)18-9-11-19(12-10-18)27-14-15(2)3/h9-12,15-16H,6-8,13-14H2,1-5H3,(H2,22,23,24). The maximum Gasteiger partial charge on any atom is 0.226 e. The zero-order valence-electron chi connectivity index (χ0n) is 17.7. The molecule has 0 bridgehead atoms. The summed E-state index contributed by atoms with van der Waals surface area (Å²) in [5.41, 5.74) is 1.18. The first-order valence-corrected chi connectivity index (χ1v) is 10.0. The molecule has 0 aliphatic rings. The molecule has 7 heteroatoms. The Morgan fingerprint density at radius 2 is 1.96 bits per heavy atom. The fourth-order valence-corrected chi connectivity index (χ4v) is 2.59. The van der Waals surface area contributed by atoms with Gasteiger partial charge in [0, 0.05) is 19.5 Å². The summed E-state index contributed by atoms with van der Waals surface area (Å²) in [5, 5.41) is 10.5. The van der Waals surface area contributed by atoms with Gasteiger partial charge >= 0.3 is 0 Å². The number of aromatic nitrogens is 2. The first-order chi connectivity index (χ1) is 13.5. The van der Waals surface area contributed by atoms with Crippen LogP contribution in [0.15, 0.2) is 33.8 Å². The van der Waals surface area contributed by atoms with Gasteiger partial charge in [-0.15, -0.1) is 0 Å². The number of hydrogen-bond acceptors (Lipinski definition) is 5. The summed E-state index contributed by atoms with van der Waals surface area (Å²) in [7, 11) is 0. The van der Waals surface area contributed by atoms with Crippen molar-refractivity contribution < 1.29 is 9.26 Å². The van der Waals surface area contributed by atoms with Gasteiger partial charge in [-0.05, 0) is 50.8 Å². The van der Waals surface area contributed by atoms with Crippen LogP contribution in [0.25, 0.3) is 0 Å². The summed E-state index contributed by atoms with van der Waals surface area (Å²) in [5.74, 6) is 3.56. The number of rotatable bonds is 10. The highest BCUT2D eigenvalue weighted by Crippen LogP contribution is 2.18. The minimum absolute atomic E-state index is 0.135. The van der Waals surface area contributed by atoms with Crippen molar-refractivity contribution in [3.63, 3.8) is 0 Å². The van der Waals surface area contributed by atoms with Crippen LogP contribution in [-0.2, 0) is 6.42 Å². The third-order valence-corrected chi connectivity index (χ3v) is 4.05. The monoisotopic (exact) mass is 387 g/mol. The van der Waals surface area contributed by atoms with Crippen molar-refractivity contribution in [2.75, 3.05) is 19.7 Å². The molecule has 2 N–H and O–H groups in total. The molecule has 28 heavy (non-hydrogen) atoms. The van der Waals surface area contributed by atoms with E-state index in [0.717, 1.165) is 37.7 Å². The van der Waals surface area contributed by atoms with Crippen LogP contribution in [0.1, 0.15) is 57.4 Å². The molecule has 1 aromatic carbocycles. The van der Waals surface area contributed by atoms with Crippen molar-refractivity contribution in [2.24, 2.45) is 10.9 Å². The zero-order valence-corrected chi connectivity index (χ0v) is 17.7. The van der Waals surface area contributed by atoms with E-state index in [0.29, 0.717) is 24.2 Å². The van der Waals surface area contributed by atoms with Crippen LogP contribution in [-0.4, -0.2) is 35.8 Å². The van der Waals surface area contributed by atoms with Crippen molar-refractivity contribution in [3.8, 4) is 5.75 Å². The molecule has 2 aromatic rings. The molecule has 2 rings (SSSR count). The van der Waals surface area contributed by atoms with Gasteiger partial charge < -0.3 is 19.9 Å². The fraction of sp³-hybridized carbons (Fsp3) is 0.571. The molecule has 1 atom stereocenters. The molecule has 0 saturated heterocycles. The zero-order chi connectivity index (χ0) is 20.4. The van der Waals surface area contributed by atoms with E-state index in [1.807, 2.05) is 19.1 Å². The van der Waals surface area contributed by atoms with Crippen molar-refractivity contribution in [3.05, 3.63) is 41.5 Å². The van der Waals surface area contributed by atoms with Crippen LogP contribution in [0.2, 0.25) is 0 Å². The maximum absolute atomic E-state index is 5.75. The third-order valence-electron chi connectivity index (χ3n) is 4.05. The molecule has 1 heterocycles. The molecule has 154 valence electrons. The van der Waals surface area contributed by atoms with Gasteiger partial charge in [-0.25, -0.2) is 0 Å². The molecule has 0 aliphatic heterocycles. The van der Waals surface area contributed by atoms with Crippen LogP contribution < -0.4 is 15.4 Å². The quantitative estimate of drug-likeness (QED) is 0.368. The second kappa shape index (κ2) is 11.3. The molecule has 0 radical (unpaired) electrons. The Labute approximate surface area is 168 Å². The van der Waals surface area contributed by atoms with E-state index in [-0.39, 0.29) is 6.04 Å². The topological polar surface area (TPSA) is 84.6 Å². The van der Waals surface area contributed by atoms with Gasteiger partial charge in [0.2, 0.25) is 5.89 Å². The Morgan fingerprint density at radius 1 is 1.21 bits per heavy atom. The van der Waals surface area contributed by atoms with Gasteiger partial charge in [-0.1, -0.05) is 31.1 Å². The molecule has 7 nitrogen and oxygen atoms in total. The lowest BCUT2D eigenvalue weighted by atomic mass is 10.1. The second-order valence-corrected chi connectivity index (χ2v) is 7.24. The molecule has 0 fully saturated rings. The van der Waals surface area contributed by atoms with E-state index < -0.39 is 0 Å². The lowest BCUT2D eigenvalue weighted by molar-refractivity contribution is 0.271. The first-order valence-electron chi connectivity index (χ1n) is 10.0. The van der Waals surface area contributed by atoms with Crippen LogP contribution in [0, 0.1) is 12.8 Å². The van der Waals surface area contributed by atoms with Gasteiger partial charge in [0.15, 0.2) is 11.8 Å². The smallest absolute Gasteiger partial charge is 0.226 e. The second-order valence-electron chi connectivity index (χ2n) is 7.24. The summed E-state index contributed by atoms with van der Waals surface area (Å²) in [6.07, 6.45) is 1.59.